The molecule has 0 fully saturated rings. The van der Waals surface area contributed by atoms with Crippen LogP contribution in [-0.2, 0) is 30.4 Å². The maximum Gasteiger partial charge on any atom is 0.408 e. The molecule has 7 nitrogen and oxygen atoms in total. The lowest BCUT2D eigenvalue weighted by atomic mass is 10.1. The van der Waals surface area contributed by atoms with Crippen LogP contribution in [0.15, 0.2) is 30.3 Å². The molecule has 0 spiro atoms. The third-order valence-electron chi connectivity index (χ3n) is 3.14. The molecule has 0 heterocycles. The summed E-state index contributed by atoms with van der Waals surface area (Å²) < 4.78 is 15.3. The zero-order valence-corrected chi connectivity index (χ0v) is 15.7. The number of rotatable bonds is 8. The van der Waals surface area contributed by atoms with Gasteiger partial charge in [-0.3, -0.25) is 4.79 Å². The molecule has 0 bridgehead atoms. The highest BCUT2D eigenvalue weighted by Gasteiger charge is 2.25. The van der Waals surface area contributed by atoms with Crippen LogP contribution in [0.3, 0.4) is 0 Å². The van der Waals surface area contributed by atoms with Crippen molar-refractivity contribution in [3.8, 4) is 0 Å². The fourth-order valence-electron chi connectivity index (χ4n) is 2.03. The summed E-state index contributed by atoms with van der Waals surface area (Å²) in [5.74, 6) is -0.962. The van der Waals surface area contributed by atoms with E-state index in [9.17, 15) is 14.4 Å². The summed E-state index contributed by atoms with van der Waals surface area (Å²) in [6.45, 7) is 6.77. The molecule has 144 valence electrons. The second-order valence-electron chi connectivity index (χ2n) is 6.77. The van der Waals surface area contributed by atoms with Crippen LogP contribution < -0.4 is 5.32 Å². The van der Waals surface area contributed by atoms with Gasteiger partial charge in [-0.15, -0.1) is 0 Å². The van der Waals surface area contributed by atoms with Gasteiger partial charge in [-0.05, 0) is 39.2 Å². The number of amides is 1. The minimum Gasteiger partial charge on any atom is -0.466 e. The molecule has 0 unspecified atom stereocenters. The molecule has 0 aliphatic heterocycles. The molecule has 1 atom stereocenters. The maximum absolute atomic E-state index is 12.3. The quantitative estimate of drug-likeness (QED) is 0.433. The van der Waals surface area contributed by atoms with E-state index in [2.05, 4.69) is 5.32 Å². The standard InChI is InChI=1S/C19H27NO6/c1-14(21)24-12-8-11-16(20-18(23)26-19(2,3)4)17(22)25-13-15-9-6-5-7-10-15/h5-7,9-10,16H,8,11-13H2,1-4H3,(H,20,23)/t16-/m0/s1. The summed E-state index contributed by atoms with van der Waals surface area (Å²) in [5.41, 5.74) is 0.164. The first kappa shape index (κ1) is 21.5. The van der Waals surface area contributed by atoms with Gasteiger partial charge in [0.15, 0.2) is 0 Å². The lowest BCUT2D eigenvalue weighted by Gasteiger charge is -2.23. The number of carbonyl (C=O) groups is 3. The second-order valence-corrected chi connectivity index (χ2v) is 6.77. The molecular weight excluding hydrogens is 338 g/mol. The summed E-state index contributed by atoms with van der Waals surface area (Å²) in [7, 11) is 0. The predicted molar refractivity (Wildman–Crippen MR) is 95.3 cm³/mol. The Hall–Kier alpha value is -2.57. The zero-order valence-electron chi connectivity index (χ0n) is 15.7. The molecule has 0 aliphatic rings. The number of alkyl carbamates (subject to hydrolysis) is 1. The van der Waals surface area contributed by atoms with Crippen LogP contribution in [0.4, 0.5) is 4.79 Å². The van der Waals surface area contributed by atoms with Gasteiger partial charge in [0.05, 0.1) is 6.61 Å². The summed E-state index contributed by atoms with van der Waals surface area (Å²) >= 11 is 0. The maximum atomic E-state index is 12.3. The number of hydrogen-bond acceptors (Lipinski definition) is 6. The molecule has 0 saturated carbocycles. The predicted octanol–water partition coefficient (Wildman–Crippen LogP) is 2.97. The Bertz CT molecular complexity index is 594. The van der Waals surface area contributed by atoms with Crippen LogP contribution in [0.5, 0.6) is 0 Å². The van der Waals surface area contributed by atoms with Gasteiger partial charge in [0.1, 0.15) is 18.2 Å². The van der Waals surface area contributed by atoms with Crippen LogP contribution in [0.25, 0.3) is 0 Å². The molecule has 0 saturated heterocycles. The third-order valence-corrected chi connectivity index (χ3v) is 3.14. The van der Waals surface area contributed by atoms with E-state index in [4.69, 9.17) is 14.2 Å². The largest absolute Gasteiger partial charge is 0.466 e. The van der Waals surface area contributed by atoms with Crippen molar-refractivity contribution in [3.63, 3.8) is 0 Å². The first-order chi connectivity index (χ1) is 12.2. The van der Waals surface area contributed by atoms with E-state index >= 15 is 0 Å². The van der Waals surface area contributed by atoms with Crippen molar-refractivity contribution < 1.29 is 28.6 Å². The molecule has 0 radical (unpaired) electrons. The lowest BCUT2D eigenvalue weighted by Crippen LogP contribution is -2.44. The van der Waals surface area contributed by atoms with Crippen molar-refractivity contribution in [1.29, 1.82) is 0 Å². The second kappa shape index (κ2) is 10.4. The van der Waals surface area contributed by atoms with Gasteiger partial charge < -0.3 is 19.5 Å². The van der Waals surface area contributed by atoms with Crippen molar-refractivity contribution in [2.75, 3.05) is 6.61 Å². The molecule has 1 rings (SSSR count). The summed E-state index contributed by atoms with van der Waals surface area (Å²) in [6, 6.07) is 8.35. The fourth-order valence-corrected chi connectivity index (χ4v) is 2.03. The van der Waals surface area contributed by atoms with E-state index in [1.165, 1.54) is 6.92 Å². The minimum atomic E-state index is -0.885. The Balaban J connectivity index is 2.60. The number of carbonyl (C=O) groups excluding carboxylic acids is 3. The van der Waals surface area contributed by atoms with Gasteiger partial charge >= 0.3 is 18.0 Å². The van der Waals surface area contributed by atoms with Crippen LogP contribution in [-0.4, -0.2) is 36.3 Å². The SMILES string of the molecule is CC(=O)OCCC[C@H](NC(=O)OC(C)(C)C)C(=O)OCc1ccccc1. The molecule has 0 aromatic heterocycles. The van der Waals surface area contributed by atoms with E-state index in [0.29, 0.717) is 6.42 Å². The van der Waals surface area contributed by atoms with Crippen molar-refractivity contribution >= 4 is 18.0 Å². The highest BCUT2D eigenvalue weighted by Crippen LogP contribution is 2.09. The highest BCUT2D eigenvalue weighted by atomic mass is 16.6. The van der Waals surface area contributed by atoms with Crippen molar-refractivity contribution in [2.24, 2.45) is 0 Å². The average molecular weight is 365 g/mol. The zero-order chi connectivity index (χ0) is 19.6. The Morgan fingerprint density at radius 3 is 2.31 bits per heavy atom. The molecular formula is C19H27NO6. The fraction of sp³-hybridized carbons (Fsp3) is 0.526. The number of esters is 2. The minimum absolute atomic E-state index is 0.107. The normalized spacial score (nSPS) is 12.0. The first-order valence-electron chi connectivity index (χ1n) is 8.51. The van der Waals surface area contributed by atoms with Gasteiger partial charge in [0, 0.05) is 6.92 Å². The first-order valence-corrected chi connectivity index (χ1v) is 8.51. The van der Waals surface area contributed by atoms with Crippen molar-refractivity contribution in [1.82, 2.24) is 5.32 Å². The molecule has 0 aliphatic carbocycles. The molecule has 1 aromatic carbocycles. The average Bonchev–Trinajstić information content (AvgIpc) is 2.54. The number of benzene rings is 1. The lowest BCUT2D eigenvalue weighted by molar-refractivity contribution is -0.147. The van der Waals surface area contributed by atoms with Gasteiger partial charge in [0.2, 0.25) is 0 Å². The van der Waals surface area contributed by atoms with E-state index in [0.717, 1.165) is 5.56 Å². The van der Waals surface area contributed by atoms with E-state index in [1.807, 2.05) is 30.3 Å². The Labute approximate surface area is 154 Å². The monoisotopic (exact) mass is 365 g/mol. The van der Waals surface area contributed by atoms with Gasteiger partial charge in [-0.1, -0.05) is 30.3 Å². The summed E-state index contributed by atoms with van der Waals surface area (Å²) in [4.78, 5) is 35.1. The smallest absolute Gasteiger partial charge is 0.408 e. The summed E-state index contributed by atoms with van der Waals surface area (Å²) in [6.07, 6.45) is -0.0349. The van der Waals surface area contributed by atoms with E-state index in [-0.39, 0.29) is 19.6 Å². The van der Waals surface area contributed by atoms with Crippen LogP contribution in [0.1, 0.15) is 46.1 Å². The van der Waals surface area contributed by atoms with E-state index in [1.54, 1.807) is 20.8 Å². The summed E-state index contributed by atoms with van der Waals surface area (Å²) in [5, 5.41) is 2.52. The van der Waals surface area contributed by atoms with Crippen LogP contribution >= 0.6 is 0 Å². The van der Waals surface area contributed by atoms with Gasteiger partial charge in [-0.2, -0.15) is 0 Å². The number of ether oxygens (including phenoxy) is 3. The third kappa shape index (κ3) is 9.66. The Kier molecular flexibility index (Phi) is 8.61. The van der Waals surface area contributed by atoms with Gasteiger partial charge in [-0.25, -0.2) is 9.59 Å². The number of hydrogen-bond donors (Lipinski definition) is 1. The number of nitrogens with one attached hydrogen (secondary N) is 1. The molecule has 1 N–H and O–H groups in total. The molecule has 26 heavy (non-hydrogen) atoms. The molecule has 7 heteroatoms. The van der Waals surface area contributed by atoms with Crippen molar-refractivity contribution in [3.05, 3.63) is 35.9 Å². The molecule has 1 amide bonds. The molecule has 1 aromatic rings. The van der Waals surface area contributed by atoms with Crippen LogP contribution in [0, 0.1) is 0 Å². The van der Waals surface area contributed by atoms with Crippen molar-refractivity contribution in [2.45, 2.75) is 58.8 Å². The Morgan fingerprint density at radius 2 is 1.73 bits per heavy atom. The van der Waals surface area contributed by atoms with Gasteiger partial charge in [0.25, 0.3) is 0 Å². The van der Waals surface area contributed by atoms with Crippen LogP contribution in [0.2, 0.25) is 0 Å². The topological polar surface area (TPSA) is 90.9 Å². The highest BCUT2D eigenvalue weighted by molar-refractivity contribution is 5.81. The Morgan fingerprint density at radius 1 is 1.08 bits per heavy atom. The van der Waals surface area contributed by atoms with E-state index < -0.39 is 29.7 Å².